The summed E-state index contributed by atoms with van der Waals surface area (Å²) >= 11 is 4.78. The maximum Gasteiger partial charge on any atom is 0.415 e. The number of carbonyl (C=O) groups excluding carboxylic acids is 1. The van der Waals surface area contributed by atoms with Gasteiger partial charge in [-0.1, -0.05) is 0 Å². The molecule has 4 nitrogen and oxygen atoms in total. The number of nitrogens with one attached hydrogen (secondary N) is 1. The van der Waals surface area contributed by atoms with Crippen molar-refractivity contribution in [1.82, 2.24) is 10.2 Å². The van der Waals surface area contributed by atoms with Crippen LogP contribution < -0.4 is 5.32 Å². The second-order valence-corrected chi connectivity index (χ2v) is 2.20. The van der Waals surface area contributed by atoms with E-state index in [1.54, 1.807) is 21.0 Å². The second kappa shape index (κ2) is 4.90. The highest BCUT2D eigenvalue weighted by Gasteiger charge is 2.11. The summed E-state index contributed by atoms with van der Waals surface area (Å²) in [7, 11) is 3.20. The molecule has 11 heavy (non-hydrogen) atoms. The summed E-state index contributed by atoms with van der Waals surface area (Å²) in [6, 6.07) is 0. The van der Waals surface area contributed by atoms with Crippen molar-refractivity contribution >= 4 is 23.4 Å². The standard InChI is InChI=1S/C6H12N2O2S/c1-4-10-6(9)8(3)5(11)7-2/h4H2,1-3H3,(H,7,11). The first-order valence-corrected chi connectivity index (χ1v) is 3.66. The molecule has 0 rings (SSSR count). The highest BCUT2D eigenvalue weighted by molar-refractivity contribution is 7.80. The van der Waals surface area contributed by atoms with E-state index in [2.05, 4.69) is 10.1 Å². The van der Waals surface area contributed by atoms with E-state index in [-0.39, 0.29) is 0 Å². The molecular formula is C6H12N2O2S. The Morgan fingerprint density at radius 3 is 2.64 bits per heavy atom. The lowest BCUT2D eigenvalue weighted by Gasteiger charge is -2.15. The van der Waals surface area contributed by atoms with E-state index >= 15 is 0 Å². The highest BCUT2D eigenvalue weighted by atomic mass is 32.1. The molecule has 1 amide bonds. The zero-order valence-corrected chi connectivity index (χ0v) is 7.70. The smallest absolute Gasteiger partial charge is 0.415 e. The summed E-state index contributed by atoms with van der Waals surface area (Å²) in [5, 5.41) is 3.01. The zero-order valence-electron chi connectivity index (χ0n) is 6.88. The Morgan fingerprint density at radius 1 is 1.73 bits per heavy atom. The summed E-state index contributed by atoms with van der Waals surface area (Å²) in [5.74, 6) is 0. The molecule has 0 saturated carbocycles. The van der Waals surface area contributed by atoms with Gasteiger partial charge < -0.3 is 10.1 Å². The third-order valence-corrected chi connectivity index (χ3v) is 1.54. The summed E-state index contributed by atoms with van der Waals surface area (Å²) in [6.45, 7) is 2.10. The molecule has 0 aliphatic rings. The minimum atomic E-state index is -0.438. The number of hydrogen-bond donors (Lipinski definition) is 1. The van der Waals surface area contributed by atoms with E-state index in [9.17, 15) is 4.79 Å². The molecule has 0 saturated heterocycles. The lowest BCUT2D eigenvalue weighted by molar-refractivity contribution is 0.133. The normalized spacial score (nSPS) is 8.64. The van der Waals surface area contributed by atoms with Gasteiger partial charge in [0.1, 0.15) is 0 Å². The van der Waals surface area contributed by atoms with Crippen molar-refractivity contribution in [2.75, 3.05) is 20.7 Å². The average Bonchev–Trinajstić information content (AvgIpc) is 2.02. The zero-order chi connectivity index (χ0) is 8.85. The maximum absolute atomic E-state index is 10.9. The summed E-state index contributed by atoms with van der Waals surface area (Å²) in [6.07, 6.45) is -0.438. The number of carbonyl (C=O) groups is 1. The molecule has 0 fully saturated rings. The van der Waals surface area contributed by atoms with Crippen LogP contribution in [-0.4, -0.2) is 36.8 Å². The van der Waals surface area contributed by atoms with Gasteiger partial charge in [0.05, 0.1) is 6.61 Å². The number of thiocarbonyl (C=S) groups is 1. The number of nitrogens with zero attached hydrogens (tertiary/aromatic N) is 1. The maximum atomic E-state index is 10.9. The number of amides is 1. The van der Waals surface area contributed by atoms with Crippen LogP contribution in [0, 0.1) is 0 Å². The molecule has 0 aliphatic carbocycles. The fourth-order valence-corrected chi connectivity index (χ4v) is 0.545. The number of hydrogen-bond acceptors (Lipinski definition) is 3. The highest BCUT2D eigenvalue weighted by Crippen LogP contribution is 1.90. The van der Waals surface area contributed by atoms with Crippen LogP contribution in [0.15, 0.2) is 0 Å². The van der Waals surface area contributed by atoms with Crippen molar-refractivity contribution in [3.8, 4) is 0 Å². The topological polar surface area (TPSA) is 41.6 Å². The van der Waals surface area contributed by atoms with Gasteiger partial charge in [-0.15, -0.1) is 0 Å². The average molecular weight is 176 g/mol. The van der Waals surface area contributed by atoms with E-state index in [1.165, 1.54) is 4.90 Å². The minimum absolute atomic E-state index is 0.350. The first-order chi connectivity index (χ1) is 5.13. The first-order valence-electron chi connectivity index (χ1n) is 3.25. The second-order valence-electron chi connectivity index (χ2n) is 1.81. The lowest BCUT2D eigenvalue weighted by atomic mass is 10.8. The third-order valence-electron chi connectivity index (χ3n) is 1.06. The van der Waals surface area contributed by atoms with Gasteiger partial charge in [0, 0.05) is 14.1 Å². The number of rotatable bonds is 1. The van der Waals surface area contributed by atoms with Crippen molar-refractivity contribution in [2.45, 2.75) is 6.92 Å². The molecule has 0 bridgehead atoms. The van der Waals surface area contributed by atoms with E-state index < -0.39 is 6.09 Å². The van der Waals surface area contributed by atoms with Crippen molar-refractivity contribution in [1.29, 1.82) is 0 Å². The van der Waals surface area contributed by atoms with Crippen LogP contribution in [0.2, 0.25) is 0 Å². The molecule has 1 N–H and O–H groups in total. The number of ether oxygens (including phenoxy) is 1. The summed E-state index contributed by atoms with van der Waals surface area (Å²) in [4.78, 5) is 12.2. The molecule has 0 atom stereocenters. The lowest BCUT2D eigenvalue weighted by Crippen LogP contribution is -2.39. The molecule has 0 radical (unpaired) electrons. The Labute approximate surface area is 71.5 Å². The van der Waals surface area contributed by atoms with Crippen LogP contribution in [0.25, 0.3) is 0 Å². The van der Waals surface area contributed by atoms with Gasteiger partial charge >= 0.3 is 6.09 Å². The molecule has 5 heteroatoms. The predicted molar refractivity (Wildman–Crippen MR) is 46.4 cm³/mol. The van der Waals surface area contributed by atoms with Gasteiger partial charge in [-0.25, -0.2) is 4.79 Å². The van der Waals surface area contributed by atoms with Crippen LogP contribution >= 0.6 is 12.2 Å². The summed E-state index contributed by atoms with van der Waals surface area (Å²) < 4.78 is 4.69. The van der Waals surface area contributed by atoms with Gasteiger partial charge in [-0.2, -0.15) is 0 Å². The van der Waals surface area contributed by atoms with E-state index in [1.807, 2.05) is 0 Å². The van der Waals surface area contributed by atoms with Crippen molar-refractivity contribution in [3.63, 3.8) is 0 Å². The van der Waals surface area contributed by atoms with E-state index in [0.717, 1.165) is 0 Å². The molecule has 0 aromatic carbocycles. The first kappa shape index (κ1) is 10.2. The van der Waals surface area contributed by atoms with Gasteiger partial charge in [-0.05, 0) is 19.1 Å². The fourth-order valence-electron chi connectivity index (χ4n) is 0.471. The Balaban J connectivity index is 3.91. The van der Waals surface area contributed by atoms with Crippen molar-refractivity contribution in [2.24, 2.45) is 0 Å². The predicted octanol–water partition coefficient (Wildman–Crippen LogP) is 0.579. The molecule has 0 aliphatic heterocycles. The SMILES string of the molecule is CCOC(=O)N(C)C(=S)NC. The molecule has 0 aromatic heterocycles. The van der Waals surface area contributed by atoms with E-state index in [0.29, 0.717) is 11.7 Å². The summed E-state index contributed by atoms with van der Waals surface area (Å²) in [5.41, 5.74) is 0. The molecule has 0 aromatic rings. The third kappa shape index (κ3) is 3.18. The van der Waals surface area contributed by atoms with Gasteiger partial charge in [-0.3, -0.25) is 4.90 Å². The molecule has 0 spiro atoms. The quantitative estimate of drug-likeness (QED) is 0.593. The van der Waals surface area contributed by atoms with Crippen LogP contribution in [0.3, 0.4) is 0 Å². The van der Waals surface area contributed by atoms with Gasteiger partial charge in [0.25, 0.3) is 0 Å². The monoisotopic (exact) mass is 176 g/mol. The van der Waals surface area contributed by atoms with Gasteiger partial charge in [0.2, 0.25) is 0 Å². The van der Waals surface area contributed by atoms with Crippen LogP contribution in [0.4, 0.5) is 4.79 Å². The van der Waals surface area contributed by atoms with Gasteiger partial charge in [0.15, 0.2) is 5.11 Å². The van der Waals surface area contributed by atoms with Crippen LogP contribution in [-0.2, 0) is 4.74 Å². The van der Waals surface area contributed by atoms with Crippen molar-refractivity contribution < 1.29 is 9.53 Å². The fraction of sp³-hybridized carbons (Fsp3) is 0.667. The Bertz CT molecular complexity index is 161. The Morgan fingerprint density at radius 2 is 2.27 bits per heavy atom. The minimum Gasteiger partial charge on any atom is -0.449 e. The van der Waals surface area contributed by atoms with E-state index in [4.69, 9.17) is 12.2 Å². The molecule has 0 heterocycles. The molecular weight excluding hydrogens is 164 g/mol. The molecule has 0 unspecified atom stereocenters. The Kier molecular flexibility index (Phi) is 4.52. The van der Waals surface area contributed by atoms with Crippen molar-refractivity contribution in [3.05, 3.63) is 0 Å². The molecule has 64 valence electrons. The van der Waals surface area contributed by atoms with Crippen LogP contribution in [0.5, 0.6) is 0 Å². The van der Waals surface area contributed by atoms with Crippen LogP contribution in [0.1, 0.15) is 6.92 Å². The largest absolute Gasteiger partial charge is 0.449 e. The Hall–Kier alpha value is -0.840.